The van der Waals surface area contributed by atoms with Crippen LogP contribution in [-0.2, 0) is 24.7 Å². The summed E-state index contributed by atoms with van der Waals surface area (Å²) in [6.45, 7) is 3.90. The summed E-state index contributed by atoms with van der Waals surface area (Å²) in [6, 6.07) is 0. The molecule has 0 radical (unpaired) electrons. The highest BCUT2D eigenvalue weighted by molar-refractivity contribution is 7.99. The Labute approximate surface area is 155 Å². The summed E-state index contributed by atoms with van der Waals surface area (Å²) in [5, 5.41) is 1.45. The lowest BCUT2D eigenvalue weighted by Gasteiger charge is -2.30. The Bertz CT molecular complexity index is 887. The molecule has 25 heavy (non-hydrogen) atoms. The SMILES string of the molecule is C[C@H]1CCCN(C(=O)CSc2nc3sc4c(c3c(=O)n2C)CCC4)C1. The molecule has 2 aliphatic rings. The number of hydrogen-bond donors (Lipinski definition) is 0. The molecule has 1 aliphatic heterocycles. The van der Waals surface area contributed by atoms with Gasteiger partial charge in [-0.05, 0) is 43.6 Å². The smallest absolute Gasteiger partial charge is 0.262 e. The number of thiophene rings is 1. The first kappa shape index (κ1) is 17.1. The van der Waals surface area contributed by atoms with Crippen LogP contribution in [0, 0.1) is 5.92 Å². The van der Waals surface area contributed by atoms with Crippen LogP contribution in [0.5, 0.6) is 0 Å². The van der Waals surface area contributed by atoms with Crippen molar-refractivity contribution in [1.82, 2.24) is 14.5 Å². The molecule has 4 rings (SSSR count). The van der Waals surface area contributed by atoms with E-state index in [4.69, 9.17) is 4.98 Å². The molecular formula is C18H23N3O2S2. The fraction of sp³-hybridized carbons (Fsp3) is 0.611. The average Bonchev–Trinajstić information content (AvgIpc) is 3.17. The van der Waals surface area contributed by atoms with E-state index in [-0.39, 0.29) is 11.5 Å². The van der Waals surface area contributed by atoms with Crippen LogP contribution in [0.15, 0.2) is 9.95 Å². The number of carbonyl (C=O) groups is 1. The van der Waals surface area contributed by atoms with Gasteiger partial charge in [0, 0.05) is 25.0 Å². The molecule has 134 valence electrons. The maximum absolute atomic E-state index is 12.8. The van der Waals surface area contributed by atoms with E-state index < -0.39 is 0 Å². The molecule has 0 bridgehead atoms. The third-order valence-electron chi connectivity index (χ3n) is 5.24. The number of rotatable bonds is 3. The molecule has 2 aromatic rings. The zero-order chi connectivity index (χ0) is 17.6. The average molecular weight is 378 g/mol. The maximum Gasteiger partial charge on any atom is 0.262 e. The first-order chi connectivity index (χ1) is 12.0. The number of nitrogens with zero attached hydrogens (tertiary/aromatic N) is 3. The van der Waals surface area contributed by atoms with Gasteiger partial charge >= 0.3 is 0 Å². The van der Waals surface area contributed by atoms with Crippen molar-refractivity contribution in [1.29, 1.82) is 0 Å². The van der Waals surface area contributed by atoms with Gasteiger partial charge in [-0.15, -0.1) is 11.3 Å². The van der Waals surface area contributed by atoms with Crippen molar-refractivity contribution in [3.63, 3.8) is 0 Å². The number of piperidine rings is 1. The van der Waals surface area contributed by atoms with Gasteiger partial charge in [0.2, 0.25) is 5.91 Å². The lowest BCUT2D eigenvalue weighted by atomic mass is 10.0. The number of aryl methyl sites for hydroxylation is 2. The van der Waals surface area contributed by atoms with Crippen molar-refractivity contribution in [2.24, 2.45) is 13.0 Å². The minimum absolute atomic E-state index is 0.0333. The maximum atomic E-state index is 12.8. The van der Waals surface area contributed by atoms with Crippen LogP contribution in [-0.4, -0.2) is 39.2 Å². The first-order valence-corrected chi connectivity index (χ1v) is 10.8. The van der Waals surface area contributed by atoms with Gasteiger partial charge in [-0.3, -0.25) is 14.2 Å². The third kappa shape index (κ3) is 3.12. The molecule has 1 amide bonds. The van der Waals surface area contributed by atoms with Crippen molar-refractivity contribution in [2.75, 3.05) is 18.8 Å². The molecule has 1 aliphatic carbocycles. The zero-order valence-electron chi connectivity index (χ0n) is 14.7. The topological polar surface area (TPSA) is 55.2 Å². The second-order valence-electron chi connectivity index (χ2n) is 7.17. The lowest BCUT2D eigenvalue weighted by molar-refractivity contribution is -0.130. The number of amides is 1. The summed E-state index contributed by atoms with van der Waals surface area (Å²) >= 11 is 3.04. The largest absolute Gasteiger partial charge is 0.342 e. The highest BCUT2D eigenvalue weighted by Gasteiger charge is 2.24. The number of thioether (sulfide) groups is 1. The number of likely N-dealkylation sites (tertiary alicyclic amines) is 1. The van der Waals surface area contributed by atoms with Gasteiger partial charge in [-0.1, -0.05) is 18.7 Å². The fourth-order valence-electron chi connectivity index (χ4n) is 3.87. The molecule has 1 atom stereocenters. The summed E-state index contributed by atoms with van der Waals surface area (Å²) < 4.78 is 1.62. The normalized spacial score (nSPS) is 20.2. The summed E-state index contributed by atoms with van der Waals surface area (Å²) in [4.78, 5) is 34.1. The molecule has 2 aromatic heterocycles. The van der Waals surface area contributed by atoms with Crippen LogP contribution in [0.3, 0.4) is 0 Å². The standard InChI is InChI=1S/C18H23N3O2S2/c1-11-5-4-8-21(9-11)14(22)10-24-18-19-16-15(17(23)20(18)2)12-6-3-7-13(12)25-16/h11H,3-10H2,1-2H3/t11-/m0/s1. The van der Waals surface area contributed by atoms with Crippen LogP contribution < -0.4 is 5.56 Å². The van der Waals surface area contributed by atoms with Crippen molar-refractivity contribution in [3.05, 3.63) is 20.8 Å². The molecule has 0 saturated carbocycles. The first-order valence-electron chi connectivity index (χ1n) is 8.96. The van der Waals surface area contributed by atoms with Crippen LogP contribution in [0.25, 0.3) is 10.2 Å². The molecule has 0 unspecified atom stereocenters. The second kappa shape index (κ2) is 6.76. The van der Waals surface area contributed by atoms with Crippen LogP contribution >= 0.6 is 23.1 Å². The van der Waals surface area contributed by atoms with E-state index in [1.165, 1.54) is 28.6 Å². The van der Waals surface area contributed by atoms with Gasteiger partial charge in [-0.2, -0.15) is 0 Å². The van der Waals surface area contributed by atoms with Crippen molar-refractivity contribution in [2.45, 2.75) is 44.2 Å². The highest BCUT2D eigenvalue weighted by atomic mass is 32.2. The van der Waals surface area contributed by atoms with Gasteiger partial charge in [0.05, 0.1) is 11.1 Å². The van der Waals surface area contributed by atoms with E-state index in [0.29, 0.717) is 16.8 Å². The monoisotopic (exact) mass is 377 g/mol. The lowest BCUT2D eigenvalue weighted by Crippen LogP contribution is -2.40. The Morgan fingerprint density at radius 3 is 3.00 bits per heavy atom. The number of aromatic nitrogens is 2. The predicted octanol–water partition coefficient (Wildman–Crippen LogP) is 2.83. The fourth-order valence-corrected chi connectivity index (χ4v) is 6.05. The molecule has 3 heterocycles. The molecule has 0 spiro atoms. The van der Waals surface area contributed by atoms with Crippen molar-refractivity contribution >= 4 is 39.2 Å². The summed E-state index contributed by atoms with van der Waals surface area (Å²) in [5.41, 5.74) is 1.24. The molecule has 7 heteroatoms. The van der Waals surface area contributed by atoms with Crippen LogP contribution in [0.2, 0.25) is 0 Å². The molecule has 0 N–H and O–H groups in total. The summed E-state index contributed by atoms with van der Waals surface area (Å²) in [7, 11) is 1.77. The quantitative estimate of drug-likeness (QED) is 0.610. The Kier molecular flexibility index (Phi) is 4.62. The van der Waals surface area contributed by atoms with Crippen molar-refractivity contribution < 1.29 is 4.79 Å². The second-order valence-corrected chi connectivity index (χ2v) is 9.20. The minimum atomic E-state index is 0.0333. The Hall–Kier alpha value is -1.34. The molecule has 1 saturated heterocycles. The highest BCUT2D eigenvalue weighted by Crippen LogP contribution is 2.35. The van der Waals surface area contributed by atoms with E-state index in [2.05, 4.69) is 6.92 Å². The summed E-state index contributed by atoms with van der Waals surface area (Å²) in [6.07, 6.45) is 5.48. The van der Waals surface area contributed by atoms with E-state index in [9.17, 15) is 9.59 Å². The Balaban J connectivity index is 1.55. The van der Waals surface area contributed by atoms with E-state index in [1.807, 2.05) is 4.90 Å². The Morgan fingerprint density at radius 1 is 1.36 bits per heavy atom. The van der Waals surface area contributed by atoms with E-state index in [0.717, 1.165) is 49.0 Å². The van der Waals surface area contributed by atoms with E-state index in [1.54, 1.807) is 23.0 Å². The number of hydrogen-bond acceptors (Lipinski definition) is 5. The molecular weight excluding hydrogens is 354 g/mol. The van der Waals surface area contributed by atoms with E-state index >= 15 is 0 Å². The predicted molar refractivity (Wildman–Crippen MR) is 103 cm³/mol. The minimum Gasteiger partial charge on any atom is -0.342 e. The molecule has 5 nitrogen and oxygen atoms in total. The van der Waals surface area contributed by atoms with Gasteiger partial charge in [0.1, 0.15) is 4.83 Å². The van der Waals surface area contributed by atoms with Gasteiger partial charge in [0.25, 0.3) is 5.56 Å². The molecule has 1 fully saturated rings. The van der Waals surface area contributed by atoms with Crippen LogP contribution in [0.1, 0.15) is 36.6 Å². The van der Waals surface area contributed by atoms with Gasteiger partial charge in [-0.25, -0.2) is 4.98 Å². The zero-order valence-corrected chi connectivity index (χ0v) is 16.3. The van der Waals surface area contributed by atoms with Crippen molar-refractivity contribution in [3.8, 4) is 0 Å². The van der Waals surface area contributed by atoms with Crippen LogP contribution in [0.4, 0.5) is 0 Å². The third-order valence-corrected chi connectivity index (χ3v) is 7.44. The van der Waals surface area contributed by atoms with Gasteiger partial charge < -0.3 is 4.90 Å². The number of fused-ring (bicyclic) bond motifs is 3. The summed E-state index contributed by atoms with van der Waals surface area (Å²) in [5.74, 6) is 1.08. The Morgan fingerprint density at radius 2 is 2.20 bits per heavy atom. The van der Waals surface area contributed by atoms with Gasteiger partial charge in [0.15, 0.2) is 5.16 Å². The number of carbonyl (C=O) groups excluding carboxylic acids is 1. The molecule has 0 aromatic carbocycles.